The molecule has 0 radical (unpaired) electrons. The number of hydrogen-bond donors (Lipinski definition) is 0. The van der Waals surface area contributed by atoms with Crippen LogP contribution in [0, 0.1) is 0 Å². The number of rotatable bonds is 2. The van der Waals surface area contributed by atoms with Gasteiger partial charge in [-0.05, 0) is 0 Å². The molecule has 0 bridgehead atoms. The summed E-state index contributed by atoms with van der Waals surface area (Å²) in [4.78, 5) is 9.57. The van der Waals surface area contributed by atoms with Crippen molar-refractivity contribution in [2.24, 2.45) is 0 Å². The van der Waals surface area contributed by atoms with Crippen LogP contribution in [0.4, 0.5) is 8.78 Å². The molecule has 0 aromatic rings. The van der Waals surface area contributed by atoms with Crippen molar-refractivity contribution in [3.05, 3.63) is 0 Å². The molecule has 0 saturated heterocycles. The molecule has 0 heterocycles. The number of carbonyl (C=O) groups is 1. The second-order valence-electron chi connectivity index (χ2n) is 0.759. The summed E-state index contributed by atoms with van der Waals surface area (Å²) in [5, 5.41) is 0. The van der Waals surface area contributed by atoms with Crippen molar-refractivity contribution in [2.75, 3.05) is 13.5 Å². The van der Waals surface area contributed by atoms with Crippen molar-refractivity contribution in [3.63, 3.8) is 0 Å². The Morgan fingerprint density at radius 3 is 2.29 bits per heavy atom. The lowest BCUT2D eigenvalue weighted by Crippen LogP contribution is -2.03. The summed E-state index contributed by atoms with van der Waals surface area (Å²) in [5.41, 5.74) is 0. The Morgan fingerprint density at radius 1 is 1.57 bits per heavy atom. The first-order valence-corrected chi connectivity index (χ1v) is 1.58. The van der Waals surface area contributed by atoms with Gasteiger partial charge in [0.05, 0.1) is 0 Å². The van der Waals surface area contributed by atoms with Gasteiger partial charge >= 0.3 is 5.97 Å². The van der Waals surface area contributed by atoms with Crippen LogP contribution in [0.2, 0.25) is 0 Å². The van der Waals surface area contributed by atoms with E-state index < -0.39 is 19.5 Å². The molecule has 0 aliphatic rings. The van der Waals surface area contributed by atoms with Gasteiger partial charge in [0.15, 0.2) is 6.67 Å². The van der Waals surface area contributed by atoms with E-state index in [1.807, 2.05) is 0 Å². The summed E-state index contributed by atoms with van der Waals surface area (Å²) in [6, 6.07) is 0. The molecule has 0 spiro atoms. The molecule has 0 unspecified atom stereocenters. The lowest BCUT2D eigenvalue weighted by Gasteiger charge is -1.89. The summed E-state index contributed by atoms with van der Waals surface area (Å²) >= 11 is 0. The predicted molar refractivity (Wildman–Crippen MR) is 18.0 cm³/mol. The fraction of sp³-hybridized carbons (Fsp3) is 0.667. The Bertz CT molecular complexity index is 64.0. The average molecular weight is 110 g/mol. The first-order chi connectivity index (χ1) is 3.31. The molecule has 0 aromatic carbocycles. The van der Waals surface area contributed by atoms with Crippen LogP contribution >= 0.6 is 0 Å². The van der Waals surface area contributed by atoms with Crippen LogP contribution in [0.15, 0.2) is 0 Å². The van der Waals surface area contributed by atoms with Crippen molar-refractivity contribution >= 4 is 5.97 Å². The first kappa shape index (κ1) is 6.33. The summed E-state index contributed by atoms with van der Waals surface area (Å²) in [7, 11) is 0. The van der Waals surface area contributed by atoms with E-state index in [9.17, 15) is 13.6 Å². The molecule has 7 heavy (non-hydrogen) atoms. The van der Waals surface area contributed by atoms with E-state index in [1.165, 1.54) is 0 Å². The number of hydrogen-bond acceptors (Lipinski definition) is 2. The zero-order valence-electron chi connectivity index (χ0n) is 3.49. The van der Waals surface area contributed by atoms with Gasteiger partial charge < -0.3 is 4.74 Å². The molecule has 0 amide bonds. The van der Waals surface area contributed by atoms with Crippen LogP contribution in [0.3, 0.4) is 0 Å². The van der Waals surface area contributed by atoms with Crippen molar-refractivity contribution in [2.45, 2.75) is 0 Å². The van der Waals surface area contributed by atoms with E-state index in [2.05, 4.69) is 4.74 Å². The molecular formula is C3H4F2O2. The Hall–Kier alpha value is -0.670. The van der Waals surface area contributed by atoms with Crippen LogP contribution in [-0.2, 0) is 9.53 Å². The second-order valence-corrected chi connectivity index (χ2v) is 0.759. The number of carbonyl (C=O) groups excluding carboxylic acids is 1. The van der Waals surface area contributed by atoms with Crippen LogP contribution in [0.25, 0.3) is 0 Å². The van der Waals surface area contributed by atoms with Gasteiger partial charge in [0.25, 0.3) is 0 Å². The van der Waals surface area contributed by atoms with Crippen LogP contribution in [0.1, 0.15) is 0 Å². The molecule has 0 aromatic heterocycles. The van der Waals surface area contributed by atoms with Gasteiger partial charge in [-0.15, -0.1) is 0 Å². The third kappa shape index (κ3) is 3.15. The molecule has 4 heteroatoms. The highest BCUT2D eigenvalue weighted by Gasteiger charge is 1.96. The lowest BCUT2D eigenvalue weighted by atomic mass is 10.8. The van der Waals surface area contributed by atoms with Gasteiger partial charge in [0, 0.05) is 0 Å². The zero-order valence-corrected chi connectivity index (χ0v) is 3.49. The Balaban J connectivity index is 3.00. The molecule has 0 saturated carbocycles. The zero-order chi connectivity index (χ0) is 5.70. The Labute approximate surface area is 39.1 Å². The molecular weight excluding hydrogens is 106 g/mol. The first-order valence-electron chi connectivity index (χ1n) is 1.58. The van der Waals surface area contributed by atoms with Crippen LogP contribution in [-0.4, -0.2) is 19.5 Å². The molecule has 0 aliphatic carbocycles. The number of halogens is 2. The monoisotopic (exact) mass is 110 g/mol. The van der Waals surface area contributed by atoms with Crippen LogP contribution < -0.4 is 0 Å². The number of ether oxygens (including phenoxy) is 1. The van der Waals surface area contributed by atoms with Crippen molar-refractivity contribution in [1.82, 2.24) is 0 Å². The van der Waals surface area contributed by atoms with Gasteiger partial charge in [0.2, 0.25) is 6.86 Å². The smallest absolute Gasteiger partial charge is 0.339 e. The van der Waals surface area contributed by atoms with Gasteiger partial charge in [-0.3, -0.25) is 0 Å². The van der Waals surface area contributed by atoms with E-state index in [4.69, 9.17) is 0 Å². The maximum absolute atomic E-state index is 10.9. The van der Waals surface area contributed by atoms with E-state index in [0.29, 0.717) is 0 Å². The van der Waals surface area contributed by atoms with E-state index >= 15 is 0 Å². The highest BCUT2D eigenvalue weighted by atomic mass is 19.1. The molecule has 42 valence electrons. The minimum Gasteiger partial charge on any atom is -0.432 e. The molecule has 0 fully saturated rings. The normalized spacial score (nSPS) is 8.29. The van der Waals surface area contributed by atoms with Crippen molar-refractivity contribution in [1.29, 1.82) is 0 Å². The maximum Gasteiger partial charge on any atom is 0.339 e. The van der Waals surface area contributed by atoms with Crippen LogP contribution in [0.5, 0.6) is 0 Å². The highest BCUT2D eigenvalue weighted by molar-refractivity contribution is 5.70. The fourth-order valence-electron chi connectivity index (χ4n) is 0.0994. The largest absolute Gasteiger partial charge is 0.432 e. The molecule has 0 rings (SSSR count). The SMILES string of the molecule is O=C(CF)OCF. The summed E-state index contributed by atoms with van der Waals surface area (Å²) in [5.74, 6) is -1.16. The molecule has 0 atom stereocenters. The third-order valence-electron chi connectivity index (χ3n) is 0.325. The summed E-state index contributed by atoms with van der Waals surface area (Å²) < 4.78 is 25.3. The summed E-state index contributed by atoms with van der Waals surface area (Å²) in [6.45, 7) is -2.51. The number of alkyl halides is 2. The lowest BCUT2D eigenvalue weighted by molar-refractivity contribution is -0.148. The summed E-state index contributed by atoms with van der Waals surface area (Å²) in [6.07, 6.45) is 0. The Morgan fingerprint density at radius 2 is 2.14 bits per heavy atom. The number of esters is 1. The van der Waals surface area contributed by atoms with Gasteiger partial charge in [-0.2, -0.15) is 0 Å². The predicted octanol–water partition coefficient (Wildman–Crippen LogP) is 0.426. The quantitative estimate of drug-likeness (QED) is 0.481. The fourth-order valence-corrected chi connectivity index (χ4v) is 0.0994. The molecule has 0 aliphatic heterocycles. The second kappa shape index (κ2) is 3.52. The average Bonchev–Trinajstić information content (AvgIpc) is 1.68. The van der Waals surface area contributed by atoms with E-state index in [0.717, 1.165) is 0 Å². The Kier molecular flexibility index (Phi) is 3.18. The van der Waals surface area contributed by atoms with Gasteiger partial charge in [-0.25, -0.2) is 13.6 Å². The molecule has 0 N–H and O–H groups in total. The van der Waals surface area contributed by atoms with Crippen molar-refractivity contribution < 1.29 is 18.3 Å². The minimum atomic E-state index is -1.26. The van der Waals surface area contributed by atoms with Crippen molar-refractivity contribution in [3.8, 4) is 0 Å². The van der Waals surface area contributed by atoms with E-state index in [-0.39, 0.29) is 0 Å². The topological polar surface area (TPSA) is 26.3 Å². The van der Waals surface area contributed by atoms with E-state index in [1.54, 1.807) is 0 Å². The third-order valence-corrected chi connectivity index (χ3v) is 0.325. The maximum atomic E-state index is 10.9. The highest BCUT2D eigenvalue weighted by Crippen LogP contribution is 1.77. The minimum absolute atomic E-state index is 1.16. The standard InChI is InChI=1S/C3H4F2O2/c4-1-3(6)7-2-5/h1-2H2. The molecule has 2 nitrogen and oxygen atoms in total. The van der Waals surface area contributed by atoms with Gasteiger partial charge in [-0.1, -0.05) is 0 Å². The van der Waals surface area contributed by atoms with Gasteiger partial charge in [0.1, 0.15) is 0 Å².